The second kappa shape index (κ2) is 9.65. The molecular weight excluding hydrogens is 340 g/mol. The maximum absolute atomic E-state index is 12.0. The van der Waals surface area contributed by atoms with Crippen molar-refractivity contribution in [2.45, 2.75) is 38.8 Å². The molecule has 1 rings (SSSR count). The van der Waals surface area contributed by atoms with Gasteiger partial charge >= 0.3 is 12.1 Å². The highest BCUT2D eigenvalue weighted by Gasteiger charge is 2.23. The summed E-state index contributed by atoms with van der Waals surface area (Å²) in [5.74, 6) is -0.475. The average Bonchev–Trinajstić information content (AvgIpc) is 2.57. The van der Waals surface area contributed by atoms with Crippen molar-refractivity contribution >= 4 is 18.0 Å². The normalized spacial score (nSPS) is 11.9. The Morgan fingerprint density at radius 1 is 1.15 bits per heavy atom. The second-order valence-corrected chi connectivity index (χ2v) is 6.55. The Morgan fingerprint density at radius 2 is 1.85 bits per heavy atom. The lowest BCUT2D eigenvalue weighted by atomic mass is 10.1. The van der Waals surface area contributed by atoms with E-state index in [0.29, 0.717) is 5.75 Å². The third kappa shape index (κ3) is 7.87. The number of benzene rings is 1. The van der Waals surface area contributed by atoms with E-state index in [2.05, 4.69) is 10.6 Å². The molecule has 0 unspecified atom stereocenters. The molecule has 1 aromatic rings. The maximum atomic E-state index is 12.0. The van der Waals surface area contributed by atoms with E-state index in [9.17, 15) is 14.4 Å². The number of methoxy groups -OCH3 is 2. The van der Waals surface area contributed by atoms with Gasteiger partial charge in [-0.05, 0) is 38.5 Å². The van der Waals surface area contributed by atoms with E-state index in [1.54, 1.807) is 46.1 Å². The molecule has 0 bridgehead atoms. The van der Waals surface area contributed by atoms with Crippen LogP contribution >= 0.6 is 0 Å². The highest BCUT2D eigenvalue weighted by atomic mass is 16.6. The summed E-state index contributed by atoms with van der Waals surface area (Å²) in [5.41, 5.74) is 0.127. The monoisotopic (exact) mass is 366 g/mol. The fraction of sp³-hybridized carbons (Fsp3) is 0.500. The van der Waals surface area contributed by atoms with Gasteiger partial charge in [-0.3, -0.25) is 4.79 Å². The molecule has 0 heterocycles. The van der Waals surface area contributed by atoms with Crippen molar-refractivity contribution in [3.63, 3.8) is 0 Å². The zero-order valence-corrected chi connectivity index (χ0v) is 15.8. The molecule has 2 amide bonds. The van der Waals surface area contributed by atoms with E-state index in [1.165, 1.54) is 7.11 Å². The standard InChI is InChI=1S/C18H26N2O6/c1-18(2,3)26-17(23)19-11-15(21)20-14(16(22)25-5)10-12-7-6-8-13(9-12)24-4/h6-9,14H,10-11H2,1-5H3,(H,19,23)(H,20,21)/t14-/m0/s1. The summed E-state index contributed by atoms with van der Waals surface area (Å²) in [6.07, 6.45) is -0.489. The number of rotatable bonds is 7. The summed E-state index contributed by atoms with van der Waals surface area (Å²) in [5, 5.41) is 4.89. The third-order valence-corrected chi connectivity index (χ3v) is 3.19. The molecular formula is C18H26N2O6. The van der Waals surface area contributed by atoms with Crippen LogP contribution in [0.3, 0.4) is 0 Å². The van der Waals surface area contributed by atoms with Crippen LogP contribution in [0.25, 0.3) is 0 Å². The number of hydrogen-bond acceptors (Lipinski definition) is 6. The highest BCUT2D eigenvalue weighted by Crippen LogP contribution is 2.14. The van der Waals surface area contributed by atoms with Crippen molar-refractivity contribution in [1.82, 2.24) is 10.6 Å². The lowest BCUT2D eigenvalue weighted by Gasteiger charge is -2.20. The van der Waals surface area contributed by atoms with Crippen LogP contribution in [0.15, 0.2) is 24.3 Å². The minimum Gasteiger partial charge on any atom is -0.497 e. The first-order valence-corrected chi connectivity index (χ1v) is 8.11. The predicted octanol–water partition coefficient (Wildman–Crippen LogP) is 1.42. The first-order chi connectivity index (χ1) is 12.1. The number of amides is 2. The fourth-order valence-corrected chi connectivity index (χ4v) is 2.08. The van der Waals surface area contributed by atoms with Crippen molar-refractivity contribution in [3.05, 3.63) is 29.8 Å². The quantitative estimate of drug-likeness (QED) is 0.708. The van der Waals surface area contributed by atoms with Gasteiger partial charge in [-0.1, -0.05) is 12.1 Å². The molecule has 1 atom stereocenters. The van der Waals surface area contributed by atoms with Gasteiger partial charge in [-0.2, -0.15) is 0 Å². The van der Waals surface area contributed by atoms with Crippen molar-refractivity contribution in [2.75, 3.05) is 20.8 Å². The summed E-state index contributed by atoms with van der Waals surface area (Å²) in [4.78, 5) is 35.6. The summed E-state index contributed by atoms with van der Waals surface area (Å²) >= 11 is 0. The van der Waals surface area contributed by atoms with Gasteiger partial charge in [0.05, 0.1) is 14.2 Å². The van der Waals surface area contributed by atoms with Gasteiger partial charge in [0.2, 0.25) is 5.91 Å². The van der Waals surface area contributed by atoms with Crippen molar-refractivity contribution in [2.24, 2.45) is 0 Å². The van der Waals surface area contributed by atoms with Crippen LogP contribution in [0, 0.1) is 0 Å². The number of hydrogen-bond donors (Lipinski definition) is 2. The molecule has 0 fully saturated rings. The van der Waals surface area contributed by atoms with E-state index >= 15 is 0 Å². The van der Waals surface area contributed by atoms with Crippen molar-refractivity contribution < 1.29 is 28.6 Å². The molecule has 8 heteroatoms. The second-order valence-electron chi connectivity index (χ2n) is 6.55. The van der Waals surface area contributed by atoms with Crippen LogP contribution in [0.4, 0.5) is 4.79 Å². The minimum atomic E-state index is -0.889. The smallest absolute Gasteiger partial charge is 0.408 e. The molecule has 0 aliphatic carbocycles. The Morgan fingerprint density at radius 3 is 2.42 bits per heavy atom. The molecule has 26 heavy (non-hydrogen) atoms. The molecule has 2 N–H and O–H groups in total. The number of ether oxygens (including phenoxy) is 3. The first kappa shape index (κ1) is 21.3. The summed E-state index contributed by atoms with van der Waals surface area (Å²) in [7, 11) is 2.78. The topological polar surface area (TPSA) is 103 Å². The molecule has 1 aromatic carbocycles. The number of nitrogens with one attached hydrogen (secondary N) is 2. The van der Waals surface area contributed by atoms with Gasteiger partial charge in [0.15, 0.2) is 0 Å². The largest absolute Gasteiger partial charge is 0.497 e. The highest BCUT2D eigenvalue weighted by molar-refractivity contribution is 5.87. The van der Waals surface area contributed by atoms with Crippen LogP contribution in [0.2, 0.25) is 0 Å². The SMILES string of the molecule is COC(=O)[C@H](Cc1cccc(OC)c1)NC(=O)CNC(=O)OC(C)(C)C. The molecule has 0 aliphatic rings. The molecule has 0 saturated heterocycles. The molecule has 144 valence electrons. The molecule has 0 saturated carbocycles. The van der Waals surface area contributed by atoms with Gasteiger partial charge in [0, 0.05) is 6.42 Å². The van der Waals surface area contributed by atoms with Crippen LogP contribution in [0.1, 0.15) is 26.3 Å². The van der Waals surface area contributed by atoms with E-state index < -0.39 is 29.6 Å². The van der Waals surface area contributed by atoms with Crippen molar-refractivity contribution in [3.8, 4) is 5.75 Å². The molecule has 0 aromatic heterocycles. The lowest BCUT2D eigenvalue weighted by Crippen LogP contribution is -2.47. The molecule has 0 aliphatic heterocycles. The molecule has 8 nitrogen and oxygen atoms in total. The fourth-order valence-electron chi connectivity index (χ4n) is 2.08. The first-order valence-electron chi connectivity index (χ1n) is 8.11. The summed E-state index contributed by atoms with van der Waals surface area (Å²) in [6, 6.07) is 6.25. The van der Waals surface area contributed by atoms with Crippen LogP contribution in [-0.4, -0.2) is 50.4 Å². The Bertz CT molecular complexity index is 639. The molecule has 0 radical (unpaired) electrons. The Balaban J connectivity index is 2.65. The lowest BCUT2D eigenvalue weighted by molar-refractivity contribution is -0.144. The number of esters is 1. The van der Waals surface area contributed by atoms with Crippen LogP contribution in [0.5, 0.6) is 5.75 Å². The van der Waals surface area contributed by atoms with E-state index in [1.807, 2.05) is 6.07 Å². The van der Waals surface area contributed by atoms with E-state index in [4.69, 9.17) is 14.2 Å². The molecule has 0 spiro atoms. The van der Waals surface area contributed by atoms with Gasteiger partial charge < -0.3 is 24.8 Å². The van der Waals surface area contributed by atoms with Gasteiger partial charge in [-0.15, -0.1) is 0 Å². The number of carbonyl (C=O) groups excluding carboxylic acids is 3. The Labute approximate surface area is 153 Å². The van der Waals surface area contributed by atoms with E-state index in [-0.39, 0.29) is 13.0 Å². The summed E-state index contributed by atoms with van der Waals surface area (Å²) in [6.45, 7) is 4.83. The third-order valence-electron chi connectivity index (χ3n) is 3.19. The number of alkyl carbamates (subject to hydrolysis) is 1. The van der Waals surface area contributed by atoms with Gasteiger partial charge in [-0.25, -0.2) is 9.59 Å². The zero-order chi connectivity index (χ0) is 19.7. The van der Waals surface area contributed by atoms with Crippen molar-refractivity contribution in [1.29, 1.82) is 0 Å². The van der Waals surface area contributed by atoms with Crippen LogP contribution < -0.4 is 15.4 Å². The predicted molar refractivity (Wildman–Crippen MR) is 94.9 cm³/mol. The Kier molecular flexibility index (Phi) is 7.89. The maximum Gasteiger partial charge on any atom is 0.408 e. The average molecular weight is 366 g/mol. The summed E-state index contributed by atoms with van der Waals surface area (Å²) < 4.78 is 14.9. The Hall–Kier alpha value is -2.77. The van der Waals surface area contributed by atoms with Gasteiger partial charge in [0.25, 0.3) is 0 Å². The minimum absolute atomic E-state index is 0.224. The zero-order valence-electron chi connectivity index (χ0n) is 15.8. The number of carbonyl (C=O) groups is 3. The van der Waals surface area contributed by atoms with E-state index in [0.717, 1.165) is 5.56 Å². The van der Waals surface area contributed by atoms with Gasteiger partial charge in [0.1, 0.15) is 23.9 Å². The van der Waals surface area contributed by atoms with Crippen LogP contribution in [-0.2, 0) is 25.5 Å².